The first-order valence-corrected chi connectivity index (χ1v) is 6.71. The molecule has 0 aliphatic carbocycles. The van der Waals surface area contributed by atoms with Crippen molar-refractivity contribution in [1.29, 1.82) is 0 Å². The smallest absolute Gasteiger partial charge is 0.327 e. The molecule has 0 aromatic carbocycles. The number of carbonyl (C=O) groups is 1. The lowest BCUT2D eigenvalue weighted by Crippen LogP contribution is -2.49. The van der Waals surface area contributed by atoms with Crippen LogP contribution in [-0.4, -0.2) is 63.2 Å². The predicted molar refractivity (Wildman–Crippen MR) is 72.0 cm³/mol. The van der Waals surface area contributed by atoms with Crippen LogP contribution in [-0.2, 0) is 11.8 Å². The molecule has 106 valence electrons. The predicted octanol–water partition coefficient (Wildman–Crippen LogP) is 0.492. The zero-order valence-corrected chi connectivity index (χ0v) is 11.8. The molecule has 6 nitrogen and oxygen atoms in total. The molecule has 1 aliphatic heterocycles. The molecular formula is C13H22N4O2. The number of aliphatic carboxylic acids is 1. The average molecular weight is 266 g/mol. The number of aromatic nitrogens is 2. The first-order valence-electron chi connectivity index (χ1n) is 6.71. The van der Waals surface area contributed by atoms with E-state index in [0.717, 1.165) is 44.1 Å². The Hall–Kier alpha value is -1.40. The quantitative estimate of drug-likeness (QED) is 0.859. The molecule has 1 unspecified atom stereocenters. The molecule has 0 saturated carbocycles. The lowest BCUT2D eigenvalue weighted by atomic mass is 10.1. The second-order valence-corrected chi connectivity index (χ2v) is 5.04. The molecule has 0 spiro atoms. The number of carboxylic acids is 1. The van der Waals surface area contributed by atoms with Crippen LogP contribution in [0.15, 0.2) is 6.33 Å². The van der Waals surface area contributed by atoms with E-state index in [1.807, 2.05) is 23.4 Å². The molecule has 0 amide bonds. The summed E-state index contributed by atoms with van der Waals surface area (Å²) in [7, 11) is 1.85. The number of likely N-dealkylation sites (N-methyl/N-ethyl adjacent to an activating group) is 1. The highest BCUT2D eigenvalue weighted by Gasteiger charge is 2.33. The Morgan fingerprint density at radius 2 is 2.05 bits per heavy atom. The molecule has 0 radical (unpaired) electrons. The normalized spacial score (nSPS) is 19.5. The summed E-state index contributed by atoms with van der Waals surface area (Å²) >= 11 is 0. The van der Waals surface area contributed by atoms with E-state index in [-0.39, 0.29) is 0 Å². The summed E-state index contributed by atoms with van der Waals surface area (Å²) in [6, 6.07) is -0.591. The number of piperazine rings is 1. The molecule has 2 rings (SSSR count). The lowest BCUT2D eigenvalue weighted by molar-refractivity contribution is -0.144. The van der Waals surface area contributed by atoms with E-state index in [9.17, 15) is 9.90 Å². The van der Waals surface area contributed by atoms with Crippen molar-refractivity contribution in [3.8, 4) is 0 Å². The average Bonchev–Trinajstić information content (AvgIpc) is 2.71. The third-order valence-electron chi connectivity index (χ3n) is 3.89. The van der Waals surface area contributed by atoms with Gasteiger partial charge in [0.1, 0.15) is 0 Å². The second-order valence-electron chi connectivity index (χ2n) is 5.04. The van der Waals surface area contributed by atoms with Crippen molar-refractivity contribution >= 4 is 5.97 Å². The van der Waals surface area contributed by atoms with E-state index < -0.39 is 12.0 Å². The highest BCUT2D eigenvalue weighted by molar-refractivity contribution is 5.75. The van der Waals surface area contributed by atoms with Gasteiger partial charge < -0.3 is 14.6 Å². The van der Waals surface area contributed by atoms with Crippen molar-refractivity contribution in [1.82, 2.24) is 19.4 Å². The van der Waals surface area contributed by atoms with Crippen LogP contribution in [0.2, 0.25) is 0 Å². The van der Waals surface area contributed by atoms with Gasteiger partial charge in [0, 0.05) is 33.2 Å². The minimum Gasteiger partial charge on any atom is -0.480 e. The largest absolute Gasteiger partial charge is 0.480 e. The molecule has 1 aromatic rings. The maximum atomic E-state index is 11.7. The van der Waals surface area contributed by atoms with Crippen LogP contribution in [0.5, 0.6) is 0 Å². The van der Waals surface area contributed by atoms with Crippen LogP contribution < -0.4 is 0 Å². The first kappa shape index (κ1) is 14.0. The number of rotatable bonds is 4. The number of nitrogens with zero attached hydrogens (tertiary/aromatic N) is 4. The zero-order chi connectivity index (χ0) is 14.0. The third-order valence-corrected chi connectivity index (χ3v) is 3.89. The number of hydrogen-bond acceptors (Lipinski definition) is 4. The molecular weight excluding hydrogens is 244 g/mol. The summed E-state index contributed by atoms with van der Waals surface area (Å²) in [5.74, 6) is -0.795. The molecule has 1 atom stereocenters. The Labute approximate surface area is 113 Å². The van der Waals surface area contributed by atoms with Crippen molar-refractivity contribution in [2.75, 3.05) is 32.7 Å². The van der Waals surface area contributed by atoms with Crippen LogP contribution >= 0.6 is 0 Å². The highest BCUT2D eigenvalue weighted by Crippen LogP contribution is 2.24. The molecule has 1 saturated heterocycles. The van der Waals surface area contributed by atoms with Gasteiger partial charge in [0.05, 0.1) is 17.7 Å². The number of aryl methyl sites for hydroxylation is 2. The fourth-order valence-electron chi connectivity index (χ4n) is 2.73. The standard InChI is InChI=1S/C13H22N4O2/c1-4-16-5-7-17(8-6-16)12(13(18)19)11-10(2)14-9-15(11)3/h9,12H,4-8H2,1-3H3,(H,18,19). The summed E-state index contributed by atoms with van der Waals surface area (Å²) in [5.41, 5.74) is 1.59. The van der Waals surface area contributed by atoms with Gasteiger partial charge in [-0.15, -0.1) is 0 Å². The molecule has 2 heterocycles. The number of carboxylic acid groups (broad SMARTS) is 1. The van der Waals surface area contributed by atoms with E-state index >= 15 is 0 Å². The summed E-state index contributed by atoms with van der Waals surface area (Å²) in [6.07, 6.45) is 1.68. The Morgan fingerprint density at radius 1 is 1.42 bits per heavy atom. The van der Waals surface area contributed by atoms with Gasteiger partial charge in [0.2, 0.25) is 0 Å². The minimum absolute atomic E-state index is 0.591. The SMILES string of the molecule is CCN1CCN(C(C(=O)O)c2c(C)ncn2C)CC1. The first-order chi connectivity index (χ1) is 9.04. The van der Waals surface area contributed by atoms with Gasteiger partial charge in [-0.3, -0.25) is 9.69 Å². The maximum Gasteiger partial charge on any atom is 0.327 e. The molecule has 1 aromatic heterocycles. The van der Waals surface area contributed by atoms with Crippen molar-refractivity contribution in [2.45, 2.75) is 19.9 Å². The van der Waals surface area contributed by atoms with E-state index in [0.29, 0.717) is 0 Å². The third kappa shape index (κ3) is 2.79. The fraction of sp³-hybridized carbons (Fsp3) is 0.692. The molecule has 6 heteroatoms. The molecule has 1 fully saturated rings. The summed E-state index contributed by atoms with van der Waals surface area (Å²) in [6.45, 7) is 8.46. The monoisotopic (exact) mass is 266 g/mol. The van der Waals surface area contributed by atoms with Gasteiger partial charge in [-0.05, 0) is 13.5 Å². The van der Waals surface area contributed by atoms with Gasteiger partial charge in [0.25, 0.3) is 0 Å². The topological polar surface area (TPSA) is 61.6 Å². The molecule has 1 aliphatic rings. The van der Waals surface area contributed by atoms with E-state index in [1.165, 1.54) is 0 Å². The van der Waals surface area contributed by atoms with E-state index in [4.69, 9.17) is 0 Å². The van der Waals surface area contributed by atoms with Gasteiger partial charge in [0.15, 0.2) is 6.04 Å². The Balaban J connectivity index is 2.20. The summed E-state index contributed by atoms with van der Waals surface area (Å²) in [4.78, 5) is 20.2. The van der Waals surface area contributed by atoms with Crippen molar-refractivity contribution < 1.29 is 9.90 Å². The Kier molecular flexibility index (Phi) is 4.21. The number of hydrogen-bond donors (Lipinski definition) is 1. The molecule has 19 heavy (non-hydrogen) atoms. The number of imidazole rings is 1. The summed E-state index contributed by atoms with van der Waals surface area (Å²) in [5, 5.41) is 9.57. The van der Waals surface area contributed by atoms with Crippen molar-refractivity contribution in [3.63, 3.8) is 0 Å². The van der Waals surface area contributed by atoms with Crippen LogP contribution in [0.4, 0.5) is 0 Å². The Morgan fingerprint density at radius 3 is 2.47 bits per heavy atom. The highest BCUT2D eigenvalue weighted by atomic mass is 16.4. The Bertz CT molecular complexity index is 430. The summed E-state index contributed by atoms with van der Waals surface area (Å²) < 4.78 is 1.82. The van der Waals surface area contributed by atoms with Gasteiger partial charge >= 0.3 is 5.97 Å². The van der Waals surface area contributed by atoms with Gasteiger partial charge in [-0.25, -0.2) is 4.98 Å². The molecule has 1 N–H and O–H groups in total. The van der Waals surface area contributed by atoms with Crippen molar-refractivity contribution in [3.05, 3.63) is 17.7 Å². The van der Waals surface area contributed by atoms with Gasteiger partial charge in [-0.2, -0.15) is 0 Å². The molecule has 0 bridgehead atoms. The lowest BCUT2D eigenvalue weighted by Gasteiger charge is -2.37. The van der Waals surface area contributed by atoms with Crippen LogP contribution in [0.25, 0.3) is 0 Å². The van der Waals surface area contributed by atoms with Crippen molar-refractivity contribution in [2.24, 2.45) is 7.05 Å². The minimum atomic E-state index is -0.795. The maximum absolute atomic E-state index is 11.7. The van der Waals surface area contributed by atoms with Crippen LogP contribution in [0.1, 0.15) is 24.4 Å². The second kappa shape index (κ2) is 5.71. The zero-order valence-electron chi connectivity index (χ0n) is 11.8. The van der Waals surface area contributed by atoms with Gasteiger partial charge in [-0.1, -0.05) is 6.92 Å². The van der Waals surface area contributed by atoms with Crippen LogP contribution in [0, 0.1) is 6.92 Å². The van der Waals surface area contributed by atoms with E-state index in [2.05, 4.69) is 16.8 Å². The van der Waals surface area contributed by atoms with Crippen LogP contribution in [0.3, 0.4) is 0 Å². The fourth-order valence-corrected chi connectivity index (χ4v) is 2.73. The van der Waals surface area contributed by atoms with E-state index in [1.54, 1.807) is 6.33 Å².